The first-order valence-corrected chi connectivity index (χ1v) is 14.7. The molecule has 38 heavy (non-hydrogen) atoms. The highest BCUT2D eigenvalue weighted by Gasteiger charge is 2.59. The first-order valence-electron chi connectivity index (χ1n) is 12.6. The van der Waals surface area contributed by atoms with Gasteiger partial charge >= 0.3 is 5.97 Å². The lowest BCUT2D eigenvalue weighted by molar-refractivity contribution is -0.139. The molecule has 1 N–H and O–H groups in total. The number of carbonyl (C=O) groups is 1. The number of aliphatic carboxylic acids is 1. The van der Waals surface area contributed by atoms with Crippen LogP contribution in [-0.4, -0.2) is 54.6 Å². The highest BCUT2D eigenvalue weighted by molar-refractivity contribution is 7.90. The SMILES string of the molecule is Cc1nc(N2CC(CS(C)(=O)=O)C2)ccc1-c1ccc(F)c(COc2cc3c(cn2)C2C(C3)C2C(=O)O)c1. The van der Waals surface area contributed by atoms with Crippen molar-refractivity contribution in [3.8, 4) is 17.0 Å². The van der Waals surface area contributed by atoms with Gasteiger partial charge in [-0.1, -0.05) is 6.07 Å². The molecule has 10 heteroatoms. The summed E-state index contributed by atoms with van der Waals surface area (Å²) in [5.74, 6) is 0.281. The number of halogens is 1. The van der Waals surface area contributed by atoms with Gasteiger partial charge in [-0.2, -0.15) is 0 Å². The second kappa shape index (κ2) is 9.04. The minimum atomic E-state index is -2.99. The Hall–Kier alpha value is -3.53. The van der Waals surface area contributed by atoms with Crippen LogP contribution in [0, 0.1) is 30.5 Å². The molecule has 0 spiro atoms. The molecule has 0 amide bonds. The number of aryl methyl sites for hydroxylation is 1. The van der Waals surface area contributed by atoms with Crippen LogP contribution in [0.4, 0.5) is 10.2 Å². The first kappa shape index (κ1) is 24.8. The first-order chi connectivity index (χ1) is 18.1. The van der Waals surface area contributed by atoms with Crippen LogP contribution in [-0.2, 0) is 27.7 Å². The van der Waals surface area contributed by atoms with Gasteiger partial charge in [-0.3, -0.25) is 4.79 Å². The van der Waals surface area contributed by atoms with Gasteiger partial charge in [0.15, 0.2) is 0 Å². The highest BCUT2D eigenvalue weighted by atomic mass is 32.2. The van der Waals surface area contributed by atoms with Crippen LogP contribution in [0.2, 0.25) is 0 Å². The maximum Gasteiger partial charge on any atom is 0.307 e. The topological polar surface area (TPSA) is 110 Å². The molecule has 1 saturated carbocycles. The van der Waals surface area contributed by atoms with Crippen molar-refractivity contribution in [3.05, 3.63) is 70.8 Å². The van der Waals surface area contributed by atoms with Gasteiger partial charge in [-0.25, -0.2) is 22.8 Å². The van der Waals surface area contributed by atoms with Crippen LogP contribution in [0.15, 0.2) is 42.6 Å². The Morgan fingerprint density at radius 3 is 2.71 bits per heavy atom. The zero-order valence-corrected chi connectivity index (χ0v) is 21.9. The van der Waals surface area contributed by atoms with Gasteiger partial charge in [-0.15, -0.1) is 0 Å². The summed E-state index contributed by atoms with van der Waals surface area (Å²) in [6.45, 7) is 3.24. The lowest BCUT2D eigenvalue weighted by Crippen LogP contribution is -2.49. The fourth-order valence-corrected chi connectivity index (χ4v) is 7.08. The van der Waals surface area contributed by atoms with Crippen LogP contribution in [0.3, 0.4) is 0 Å². The van der Waals surface area contributed by atoms with E-state index in [1.807, 2.05) is 25.1 Å². The van der Waals surface area contributed by atoms with Gasteiger partial charge in [0.05, 0.1) is 11.7 Å². The molecule has 0 radical (unpaired) electrons. The third-order valence-electron chi connectivity index (χ3n) is 7.89. The summed E-state index contributed by atoms with van der Waals surface area (Å²) in [6, 6.07) is 10.6. The van der Waals surface area contributed by atoms with Crippen molar-refractivity contribution in [2.45, 2.75) is 25.9 Å². The number of ether oxygens (including phenoxy) is 1. The summed E-state index contributed by atoms with van der Waals surface area (Å²) in [7, 11) is -2.99. The summed E-state index contributed by atoms with van der Waals surface area (Å²) in [4.78, 5) is 22.4. The Labute approximate surface area is 220 Å². The normalized spacial score (nSPS) is 22.0. The van der Waals surface area contributed by atoms with Crippen LogP contribution in [0.25, 0.3) is 11.1 Å². The van der Waals surface area contributed by atoms with E-state index in [0.717, 1.165) is 33.8 Å². The Bertz CT molecular complexity index is 1550. The van der Waals surface area contributed by atoms with Gasteiger partial charge in [0, 0.05) is 60.3 Å². The summed E-state index contributed by atoms with van der Waals surface area (Å²) in [6.07, 6.45) is 3.66. The number of hydrogen-bond acceptors (Lipinski definition) is 7. The highest BCUT2D eigenvalue weighted by Crippen LogP contribution is 2.61. The Morgan fingerprint density at radius 1 is 1.21 bits per heavy atom. The van der Waals surface area contributed by atoms with Crippen molar-refractivity contribution >= 4 is 21.6 Å². The lowest BCUT2D eigenvalue weighted by Gasteiger charge is -2.40. The van der Waals surface area contributed by atoms with E-state index in [4.69, 9.17) is 9.72 Å². The predicted molar refractivity (Wildman–Crippen MR) is 139 cm³/mol. The van der Waals surface area contributed by atoms with Crippen LogP contribution >= 0.6 is 0 Å². The number of aromatic nitrogens is 2. The van der Waals surface area contributed by atoms with Crippen molar-refractivity contribution in [3.63, 3.8) is 0 Å². The summed E-state index contributed by atoms with van der Waals surface area (Å²) >= 11 is 0. The van der Waals surface area contributed by atoms with Gasteiger partial charge in [0.1, 0.15) is 28.1 Å². The number of hydrogen-bond donors (Lipinski definition) is 1. The Balaban J connectivity index is 1.12. The predicted octanol–water partition coefficient (Wildman–Crippen LogP) is 3.62. The number of rotatable bonds is 8. The van der Waals surface area contributed by atoms with E-state index < -0.39 is 15.8 Å². The molecule has 3 atom stereocenters. The molecular weight excluding hydrogens is 509 g/mol. The van der Waals surface area contributed by atoms with Crippen molar-refractivity contribution in [2.24, 2.45) is 17.8 Å². The van der Waals surface area contributed by atoms with E-state index in [2.05, 4.69) is 9.88 Å². The van der Waals surface area contributed by atoms with E-state index in [-0.39, 0.29) is 41.8 Å². The number of anilines is 1. The van der Waals surface area contributed by atoms with Crippen molar-refractivity contribution in [1.82, 2.24) is 9.97 Å². The van der Waals surface area contributed by atoms with E-state index in [1.165, 1.54) is 12.3 Å². The molecule has 6 rings (SSSR count). The number of sulfone groups is 1. The standard InChI is InChI=1S/C28H28FN3O5S/c1-15-20(4-6-24(31-15)32-11-16(12-32)14-38(2,35)36)17-3-5-23(29)19(7-17)13-37-25-9-18-8-21-26(22(18)10-30-25)27(21)28(33)34/h3-7,9-10,16,21,26-27H,8,11-14H2,1-2H3,(H,33,34). The largest absolute Gasteiger partial charge is 0.481 e. The van der Waals surface area contributed by atoms with Crippen molar-refractivity contribution < 1.29 is 27.4 Å². The maximum atomic E-state index is 14.6. The molecule has 3 heterocycles. The molecule has 198 valence electrons. The fourth-order valence-electron chi connectivity index (χ4n) is 6.01. The van der Waals surface area contributed by atoms with E-state index in [0.29, 0.717) is 31.0 Å². The molecule has 3 unspecified atom stereocenters. The molecule has 2 aliphatic carbocycles. The van der Waals surface area contributed by atoms with Crippen molar-refractivity contribution in [1.29, 1.82) is 0 Å². The molecule has 3 aliphatic rings. The van der Waals surface area contributed by atoms with Gasteiger partial charge in [-0.05, 0) is 60.2 Å². The monoisotopic (exact) mass is 537 g/mol. The average Bonchev–Trinajstić information content (AvgIpc) is 3.42. The van der Waals surface area contributed by atoms with Crippen molar-refractivity contribution in [2.75, 3.05) is 30.0 Å². The number of pyridine rings is 2. The summed E-state index contributed by atoms with van der Waals surface area (Å²) < 4.78 is 43.5. The molecule has 8 nitrogen and oxygen atoms in total. The number of carboxylic acid groups (broad SMARTS) is 1. The molecule has 2 fully saturated rings. The van der Waals surface area contributed by atoms with Gasteiger partial charge in [0.2, 0.25) is 5.88 Å². The second-order valence-corrected chi connectivity index (χ2v) is 12.9. The van der Waals surface area contributed by atoms with Gasteiger partial charge < -0.3 is 14.7 Å². The summed E-state index contributed by atoms with van der Waals surface area (Å²) in [5, 5.41) is 9.29. The van der Waals surface area contributed by atoms with Gasteiger partial charge in [0.25, 0.3) is 0 Å². The smallest absolute Gasteiger partial charge is 0.307 e. The van der Waals surface area contributed by atoms with Crippen LogP contribution in [0.1, 0.15) is 28.3 Å². The minimum Gasteiger partial charge on any atom is -0.481 e. The zero-order valence-electron chi connectivity index (χ0n) is 21.1. The maximum absolute atomic E-state index is 14.6. The molecule has 1 aliphatic heterocycles. The van der Waals surface area contributed by atoms with Crippen LogP contribution in [0.5, 0.6) is 5.88 Å². The van der Waals surface area contributed by atoms with Crippen LogP contribution < -0.4 is 9.64 Å². The molecular formula is C28H28FN3O5S. The number of benzene rings is 1. The number of carboxylic acids is 1. The number of nitrogens with zero attached hydrogens (tertiary/aromatic N) is 3. The molecule has 1 aromatic carbocycles. The average molecular weight is 538 g/mol. The van der Waals surface area contributed by atoms with E-state index in [1.54, 1.807) is 18.3 Å². The fraction of sp³-hybridized carbons (Fsp3) is 0.393. The number of fused-ring (bicyclic) bond motifs is 3. The molecule has 1 saturated heterocycles. The third kappa shape index (κ3) is 4.62. The molecule has 0 bridgehead atoms. The van der Waals surface area contributed by atoms with E-state index >= 15 is 0 Å². The summed E-state index contributed by atoms with van der Waals surface area (Å²) in [5.41, 5.74) is 4.94. The molecule has 3 aromatic rings. The molecule has 2 aromatic heterocycles. The third-order valence-corrected chi connectivity index (χ3v) is 8.97. The van der Waals surface area contributed by atoms with E-state index in [9.17, 15) is 22.7 Å². The Morgan fingerprint density at radius 2 is 2.00 bits per heavy atom. The lowest BCUT2D eigenvalue weighted by atomic mass is 10.00. The quantitative estimate of drug-likeness (QED) is 0.464. The Kier molecular flexibility index (Phi) is 5.90. The minimum absolute atomic E-state index is 0.0101. The second-order valence-electron chi connectivity index (χ2n) is 10.7. The zero-order chi connectivity index (χ0) is 26.8.